The first-order chi connectivity index (χ1) is 12.6. The van der Waals surface area contributed by atoms with Crippen LogP contribution in [0.1, 0.15) is 0 Å². The summed E-state index contributed by atoms with van der Waals surface area (Å²) in [6.07, 6.45) is 0. The molecular formula is C18H16N2O4Se2. The van der Waals surface area contributed by atoms with Crippen LogP contribution in [0.5, 0.6) is 11.5 Å². The van der Waals surface area contributed by atoms with Gasteiger partial charge in [-0.1, -0.05) is 0 Å². The first kappa shape index (κ1) is 17.4. The fraction of sp³-hybridized carbons (Fsp3) is 0.222. The van der Waals surface area contributed by atoms with Crippen molar-refractivity contribution in [1.82, 2.24) is 7.12 Å². The van der Waals surface area contributed by atoms with Crippen LogP contribution in [0.25, 0.3) is 19.3 Å². The van der Waals surface area contributed by atoms with E-state index in [0.717, 1.165) is 19.3 Å². The van der Waals surface area contributed by atoms with Gasteiger partial charge in [0.25, 0.3) is 0 Å². The van der Waals surface area contributed by atoms with E-state index >= 15 is 0 Å². The van der Waals surface area contributed by atoms with Gasteiger partial charge < -0.3 is 0 Å². The molecule has 2 heterocycles. The summed E-state index contributed by atoms with van der Waals surface area (Å²) in [5.41, 5.74) is 0.0504. The molecule has 0 N–H and O–H groups in total. The second kappa shape index (κ2) is 6.97. The third-order valence-corrected chi connectivity index (χ3v) is 8.92. The van der Waals surface area contributed by atoms with Crippen LogP contribution < -0.4 is 20.6 Å². The van der Waals surface area contributed by atoms with Gasteiger partial charge in [-0.3, -0.25) is 0 Å². The summed E-state index contributed by atoms with van der Waals surface area (Å²) in [7, 11) is 3.19. The number of aromatic nitrogens is 2. The van der Waals surface area contributed by atoms with E-state index in [1.165, 1.54) is 0 Å². The summed E-state index contributed by atoms with van der Waals surface area (Å²) in [6.45, 7) is 1.10. The standard InChI is InChI=1S/C18H16N2O4Se2/c1-23-11-3-5-15-13(9-11)17(21)19(25-15)7-8-20-18(22)14-10-12(24-2)4-6-16(14)26-20/h3-6,9-10H,7-8H2,1-2H3. The second-order valence-corrected chi connectivity index (χ2v) is 10.2. The Bertz CT molecular complexity index is 1120. The number of aryl methyl sites for hydroxylation is 2. The third-order valence-electron chi connectivity index (χ3n) is 4.21. The van der Waals surface area contributed by atoms with Gasteiger partial charge in [0.1, 0.15) is 0 Å². The molecule has 0 fully saturated rings. The Morgan fingerprint density at radius 2 is 1.19 bits per heavy atom. The molecule has 2 aromatic heterocycles. The van der Waals surface area contributed by atoms with Gasteiger partial charge in [-0.25, -0.2) is 0 Å². The van der Waals surface area contributed by atoms with Gasteiger partial charge >= 0.3 is 161 Å². The predicted octanol–water partition coefficient (Wildman–Crippen LogP) is 1.15. The van der Waals surface area contributed by atoms with E-state index in [2.05, 4.69) is 0 Å². The monoisotopic (exact) mass is 484 g/mol. The molecular weight excluding hydrogens is 466 g/mol. The van der Waals surface area contributed by atoms with Crippen LogP contribution in [0.3, 0.4) is 0 Å². The molecule has 6 nitrogen and oxygen atoms in total. The SMILES string of the molecule is COc1ccc2[se]n(CCn3[se]c4ccc(OC)cc4c3=O)c(=O)c2c1. The molecule has 4 rings (SSSR count). The van der Waals surface area contributed by atoms with Crippen molar-refractivity contribution in [1.29, 1.82) is 0 Å². The number of fused-ring (bicyclic) bond motifs is 2. The number of methoxy groups -OCH3 is 2. The fourth-order valence-corrected chi connectivity index (χ4v) is 6.88. The number of ether oxygens (including phenoxy) is 2. The van der Waals surface area contributed by atoms with Gasteiger partial charge in [0.05, 0.1) is 0 Å². The normalized spacial score (nSPS) is 11.3. The Morgan fingerprint density at radius 1 is 0.769 bits per heavy atom. The van der Waals surface area contributed by atoms with E-state index in [9.17, 15) is 9.59 Å². The molecule has 0 amide bonds. The fourth-order valence-electron chi connectivity index (χ4n) is 2.83. The van der Waals surface area contributed by atoms with Gasteiger partial charge in [-0.15, -0.1) is 0 Å². The van der Waals surface area contributed by atoms with Crippen LogP contribution in [-0.2, 0) is 13.1 Å². The van der Waals surface area contributed by atoms with E-state index in [0.29, 0.717) is 24.6 Å². The average molecular weight is 482 g/mol. The maximum absolute atomic E-state index is 12.6. The van der Waals surface area contributed by atoms with Gasteiger partial charge in [0.15, 0.2) is 0 Å². The molecule has 0 bridgehead atoms. The summed E-state index contributed by atoms with van der Waals surface area (Å²) < 4.78 is 16.2. The zero-order valence-electron chi connectivity index (χ0n) is 14.2. The molecule has 4 aromatic rings. The zero-order chi connectivity index (χ0) is 18.3. The van der Waals surface area contributed by atoms with Crippen LogP contribution in [0.2, 0.25) is 0 Å². The average Bonchev–Trinajstić information content (AvgIpc) is 3.16. The molecule has 2 aromatic carbocycles. The molecule has 8 heteroatoms. The Hall–Kier alpha value is -1.98. The Kier molecular flexibility index (Phi) is 4.67. The summed E-state index contributed by atoms with van der Waals surface area (Å²) in [5, 5.41) is 1.44. The molecule has 0 saturated carbocycles. The van der Waals surface area contributed by atoms with Crippen LogP contribution in [-0.4, -0.2) is 50.8 Å². The van der Waals surface area contributed by atoms with Gasteiger partial charge in [-0.2, -0.15) is 0 Å². The zero-order valence-corrected chi connectivity index (χ0v) is 17.6. The number of hydrogen-bond donors (Lipinski definition) is 0. The minimum absolute atomic E-state index is 0.0252. The quantitative estimate of drug-likeness (QED) is 0.401. The minimum atomic E-state index is -0.0511. The van der Waals surface area contributed by atoms with E-state index in [-0.39, 0.29) is 40.6 Å². The molecule has 0 radical (unpaired) electrons. The van der Waals surface area contributed by atoms with Crippen molar-refractivity contribution in [2.45, 2.75) is 13.1 Å². The van der Waals surface area contributed by atoms with Crippen LogP contribution in [0.15, 0.2) is 46.0 Å². The van der Waals surface area contributed by atoms with E-state index in [4.69, 9.17) is 9.47 Å². The molecule has 26 heavy (non-hydrogen) atoms. The second-order valence-electron chi connectivity index (χ2n) is 5.72. The molecule has 0 spiro atoms. The van der Waals surface area contributed by atoms with Crippen LogP contribution in [0.4, 0.5) is 0 Å². The van der Waals surface area contributed by atoms with Crippen molar-refractivity contribution in [2.75, 3.05) is 14.2 Å². The topological polar surface area (TPSA) is 62.5 Å². The summed E-state index contributed by atoms with van der Waals surface area (Å²) in [6, 6.07) is 11.3. The van der Waals surface area contributed by atoms with Crippen molar-refractivity contribution in [2.24, 2.45) is 0 Å². The first-order valence-corrected chi connectivity index (χ1v) is 11.2. The predicted molar refractivity (Wildman–Crippen MR) is 103 cm³/mol. The molecule has 0 unspecified atom stereocenters. The van der Waals surface area contributed by atoms with Crippen LogP contribution >= 0.6 is 0 Å². The Morgan fingerprint density at radius 3 is 1.58 bits per heavy atom. The molecule has 0 saturated heterocycles. The van der Waals surface area contributed by atoms with Crippen LogP contribution in [0, 0.1) is 0 Å². The molecule has 0 atom stereocenters. The van der Waals surface area contributed by atoms with E-state index in [1.54, 1.807) is 26.4 Å². The molecule has 0 aliphatic rings. The van der Waals surface area contributed by atoms with Gasteiger partial charge in [0.2, 0.25) is 0 Å². The molecule has 134 valence electrons. The third kappa shape index (κ3) is 2.99. The number of benzene rings is 2. The Balaban J connectivity index is 1.65. The van der Waals surface area contributed by atoms with Gasteiger partial charge in [0, 0.05) is 0 Å². The maximum atomic E-state index is 12.6. The molecule has 0 aliphatic heterocycles. The van der Waals surface area contributed by atoms with Crippen molar-refractivity contribution in [3.05, 3.63) is 57.1 Å². The van der Waals surface area contributed by atoms with Crippen molar-refractivity contribution < 1.29 is 9.47 Å². The van der Waals surface area contributed by atoms with Crippen molar-refractivity contribution in [3.8, 4) is 11.5 Å². The number of hydrogen-bond acceptors (Lipinski definition) is 4. The van der Waals surface area contributed by atoms with Crippen molar-refractivity contribution >= 4 is 48.8 Å². The number of rotatable bonds is 5. The van der Waals surface area contributed by atoms with E-state index in [1.807, 2.05) is 31.4 Å². The summed E-state index contributed by atoms with van der Waals surface area (Å²) in [4.78, 5) is 25.2. The summed E-state index contributed by atoms with van der Waals surface area (Å²) in [5.74, 6) is 1.38. The Labute approximate surface area is 161 Å². The first-order valence-electron chi connectivity index (χ1n) is 7.96. The molecule has 0 aliphatic carbocycles. The van der Waals surface area contributed by atoms with E-state index < -0.39 is 0 Å². The van der Waals surface area contributed by atoms with Crippen molar-refractivity contribution in [3.63, 3.8) is 0 Å². The summed E-state index contributed by atoms with van der Waals surface area (Å²) >= 11 is -0.102. The number of nitrogens with zero attached hydrogens (tertiary/aromatic N) is 2. The van der Waals surface area contributed by atoms with Gasteiger partial charge in [-0.05, 0) is 0 Å².